The van der Waals surface area contributed by atoms with E-state index < -0.39 is 0 Å². The van der Waals surface area contributed by atoms with Crippen molar-refractivity contribution in [2.24, 2.45) is 46.8 Å². The fraction of sp³-hybridized carbons (Fsp3) is 0.767. The summed E-state index contributed by atoms with van der Waals surface area (Å²) in [5.41, 5.74) is 1.69. The Bertz CT molecular complexity index is 834. The molecule has 1 saturated heterocycles. The van der Waals surface area contributed by atoms with E-state index in [1.807, 2.05) is 0 Å². The van der Waals surface area contributed by atoms with E-state index in [0.29, 0.717) is 11.3 Å². The number of likely N-dealkylation sites (tertiary alicyclic amines) is 1. The van der Waals surface area contributed by atoms with Crippen LogP contribution in [0.1, 0.15) is 89.5 Å². The van der Waals surface area contributed by atoms with Gasteiger partial charge in [-0.15, -0.1) is 0 Å². The van der Waals surface area contributed by atoms with Crippen LogP contribution < -0.4 is 0 Å². The van der Waals surface area contributed by atoms with Crippen molar-refractivity contribution in [2.75, 3.05) is 13.1 Å². The number of benzene rings is 1. The summed E-state index contributed by atoms with van der Waals surface area (Å²) >= 11 is 0. The van der Waals surface area contributed by atoms with Crippen LogP contribution in [-0.2, 0) is 4.79 Å². The maximum absolute atomic E-state index is 13.3. The number of amides is 1. The van der Waals surface area contributed by atoms with Gasteiger partial charge < -0.3 is 4.90 Å². The first-order valence-corrected chi connectivity index (χ1v) is 13.9. The highest BCUT2D eigenvalue weighted by Crippen LogP contribution is 2.64. The lowest BCUT2D eigenvalue weighted by atomic mass is 9.49. The molecule has 5 fully saturated rings. The minimum atomic E-state index is 0.0981. The van der Waals surface area contributed by atoms with Gasteiger partial charge in [0.15, 0.2) is 0 Å². The van der Waals surface area contributed by atoms with Crippen LogP contribution >= 0.6 is 0 Å². The van der Waals surface area contributed by atoms with E-state index in [2.05, 4.69) is 49.1 Å². The fourth-order valence-electron chi connectivity index (χ4n) is 9.68. The molecule has 1 heterocycles. The summed E-state index contributed by atoms with van der Waals surface area (Å²) < 4.78 is 0. The molecule has 2 nitrogen and oxygen atoms in total. The number of fused-ring (bicyclic) bond motifs is 5. The maximum Gasteiger partial charge on any atom is 0.230 e. The summed E-state index contributed by atoms with van der Waals surface area (Å²) in [5, 5.41) is 0. The van der Waals surface area contributed by atoms with Crippen LogP contribution in [0.25, 0.3) is 0 Å². The molecule has 6 rings (SSSR count). The third kappa shape index (κ3) is 3.38. The minimum absolute atomic E-state index is 0.0981. The molecule has 5 aliphatic rings. The first kappa shape index (κ1) is 21.2. The van der Waals surface area contributed by atoms with E-state index >= 15 is 0 Å². The van der Waals surface area contributed by atoms with E-state index in [9.17, 15) is 4.79 Å². The summed E-state index contributed by atoms with van der Waals surface area (Å²) in [6.45, 7) is 7.11. The van der Waals surface area contributed by atoms with Gasteiger partial charge >= 0.3 is 0 Å². The largest absolute Gasteiger partial charge is 0.342 e. The molecule has 174 valence electrons. The number of hydrogen-bond acceptors (Lipinski definition) is 1. The van der Waals surface area contributed by atoms with Gasteiger partial charge in [-0.1, -0.05) is 50.6 Å². The van der Waals surface area contributed by atoms with Crippen molar-refractivity contribution in [2.45, 2.75) is 84.0 Å². The average molecular weight is 434 g/mol. The van der Waals surface area contributed by atoms with E-state index in [4.69, 9.17) is 0 Å². The molecule has 1 amide bonds. The fourth-order valence-corrected chi connectivity index (χ4v) is 9.68. The van der Waals surface area contributed by atoms with Gasteiger partial charge in [0, 0.05) is 13.1 Å². The number of carbonyl (C=O) groups is 1. The van der Waals surface area contributed by atoms with Crippen molar-refractivity contribution in [3.63, 3.8) is 0 Å². The van der Waals surface area contributed by atoms with Crippen LogP contribution in [0.5, 0.6) is 0 Å². The molecule has 32 heavy (non-hydrogen) atoms. The summed E-state index contributed by atoms with van der Waals surface area (Å²) in [5.74, 6) is 7.20. The smallest absolute Gasteiger partial charge is 0.230 e. The third-order valence-corrected chi connectivity index (χ3v) is 11.4. The van der Waals surface area contributed by atoms with Crippen LogP contribution in [0.2, 0.25) is 0 Å². The molecule has 1 aromatic carbocycles. The third-order valence-electron chi connectivity index (χ3n) is 11.4. The van der Waals surface area contributed by atoms with Gasteiger partial charge in [-0.05, 0) is 110 Å². The summed E-state index contributed by atoms with van der Waals surface area (Å²) in [6.07, 6.45) is 14.2. The zero-order valence-electron chi connectivity index (χ0n) is 20.3. The Morgan fingerprint density at radius 2 is 1.72 bits per heavy atom. The van der Waals surface area contributed by atoms with Gasteiger partial charge in [-0.25, -0.2) is 0 Å². The number of rotatable bonds is 3. The van der Waals surface area contributed by atoms with Crippen molar-refractivity contribution < 1.29 is 4.79 Å². The summed E-state index contributed by atoms with van der Waals surface area (Å²) in [4.78, 5) is 15.5. The quantitative estimate of drug-likeness (QED) is 0.507. The van der Waals surface area contributed by atoms with Gasteiger partial charge in [0.2, 0.25) is 5.91 Å². The summed E-state index contributed by atoms with van der Waals surface area (Å²) in [7, 11) is 0. The first-order valence-electron chi connectivity index (χ1n) is 13.9. The maximum atomic E-state index is 13.3. The molecule has 2 heteroatoms. The average Bonchev–Trinajstić information content (AvgIpc) is 3.34. The molecule has 0 N–H and O–H groups in total. The molecule has 1 aromatic rings. The van der Waals surface area contributed by atoms with E-state index in [0.717, 1.165) is 60.9 Å². The Labute approximate surface area is 195 Å². The summed E-state index contributed by atoms with van der Waals surface area (Å²) in [6, 6.07) is 10.5. The topological polar surface area (TPSA) is 20.3 Å². The van der Waals surface area contributed by atoms with Crippen molar-refractivity contribution in [1.82, 2.24) is 4.90 Å². The zero-order chi connectivity index (χ0) is 21.9. The molecule has 0 spiro atoms. The Kier molecular flexibility index (Phi) is 5.42. The predicted octanol–water partition coefficient (Wildman–Crippen LogP) is 6.91. The van der Waals surface area contributed by atoms with Crippen molar-refractivity contribution >= 4 is 5.91 Å². The Morgan fingerprint density at radius 3 is 2.56 bits per heavy atom. The highest BCUT2D eigenvalue weighted by atomic mass is 16.2. The van der Waals surface area contributed by atoms with Crippen LogP contribution in [0.4, 0.5) is 0 Å². The molecule has 4 aliphatic carbocycles. The monoisotopic (exact) mass is 433 g/mol. The van der Waals surface area contributed by atoms with Gasteiger partial charge in [-0.3, -0.25) is 4.79 Å². The van der Waals surface area contributed by atoms with Gasteiger partial charge in [0.25, 0.3) is 0 Å². The highest BCUT2D eigenvalue weighted by Gasteiger charge is 2.57. The first-order chi connectivity index (χ1) is 15.5. The van der Waals surface area contributed by atoms with Gasteiger partial charge in [0.05, 0.1) is 5.92 Å². The lowest BCUT2D eigenvalue weighted by Gasteiger charge is -2.56. The van der Waals surface area contributed by atoms with Gasteiger partial charge in [-0.2, -0.15) is 0 Å². The minimum Gasteiger partial charge on any atom is -0.342 e. The second-order valence-electron chi connectivity index (χ2n) is 12.7. The van der Waals surface area contributed by atoms with Crippen LogP contribution in [-0.4, -0.2) is 23.9 Å². The second-order valence-corrected chi connectivity index (χ2v) is 12.7. The van der Waals surface area contributed by atoms with E-state index in [1.165, 1.54) is 63.4 Å². The lowest BCUT2D eigenvalue weighted by Crippen LogP contribution is -2.49. The zero-order valence-corrected chi connectivity index (χ0v) is 20.3. The Balaban J connectivity index is 1.14. The predicted molar refractivity (Wildman–Crippen MR) is 130 cm³/mol. The number of nitrogens with zero attached hydrogens (tertiary/aromatic N) is 1. The molecule has 4 saturated carbocycles. The SMILES string of the molecule is CC1CCC2C(CCC3C2CCC2(C)C(CN4CC[C@@H](c5ccccc5)C4=O)CCC32)C1. The Morgan fingerprint density at radius 1 is 0.906 bits per heavy atom. The molecule has 1 aliphatic heterocycles. The van der Waals surface area contributed by atoms with Gasteiger partial charge in [0.1, 0.15) is 0 Å². The highest BCUT2D eigenvalue weighted by molar-refractivity contribution is 5.85. The van der Waals surface area contributed by atoms with Crippen molar-refractivity contribution in [3.8, 4) is 0 Å². The van der Waals surface area contributed by atoms with Crippen LogP contribution in [0, 0.1) is 46.8 Å². The van der Waals surface area contributed by atoms with Crippen LogP contribution in [0.3, 0.4) is 0 Å². The lowest BCUT2D eigenvalue weighted by molar-refractivity contribution is -0.130. The standard InChI is InChI=1S/C30H43NO/c1-20-8-11-24-22(18-20)9-12-27-26(24)14-16-30(2)23(10-13-28(27)30)19-31-17-15-25(29(31)32)21-6-4-3-5-7-21/h3-7,20,22-28H,8-19H2,1-2H3/t20?,22?,23?,24?,25-,26?,27?,28?,30?/m0/s1. The normalized spacial score (nSPS) is 45.9. The molecular formula is C30H43NO. The van der Waals surface area contributed by atoms with Crippen molar-refractivity contribution in [1.29, 1.82) is 0 Å². The molecule has 0 bridgehead atoms. The van der Waals surface area contributed by atoms with Crippen LogP contribution in [0.15, 0.2) is 30.3 Å². The Hall–Kier alpha value is -1.31. The molecular weight excluding hydrogens is 390 g/mol. The molecule has 9 atom stereocenters. The van der Waals surface area contributed by atoms with E-state index in [-0.39, 0.29) is 5.92 Å². The number of carbonyl (C=O) groups excluding carboxylic acids is 1. The van der Waals surface area contributed by atoms with Crippen molar-refractivity contribution in [3.05, 3.63) is 35.9 Å². The molecule has 0 radical (unpaired) electrons. The molecule has 8 unspecified atom stereocenters. The second kappa shape index (κ2) is 8.17. The number of hydrogen-bond donors (Lipinski definition) is 0. The molecule has 0 aromatic heterocycles. The van der Waals surface area contributed by atoms with E-state index in [1.54, 1.807) is 0 Å².